The van der Waals surface area contributed by atoms with Crippen LogP contribution in [0.3, 0.4) is 0 Å². The van der Waals surface area contributed by atoms with Crippen LogP contribution in [0, 0.1) is 11.8 Å². The molecule has 11 N–H and O–H groups in total. The first kappa shape index (κ1) is 55.6. The Labute approximate surface area is 394 Å². The molecule has 1 aromatic rings. The molecule has 0 aromatic heterocycles. The number of carbonyl (C=O) groups is 11. The number of hydrogen-bond donors (Lipinski definition) is 11. The second kappa shape index (κ2) is 27.8. The van der Waals surface area contributed by atoms with Crippen LogP contribution in [0.2, 0.25) is 0 Å². The van der Waals surface area contributed by atoms with Crippen LogP contribution in [0.4, 0.5) is 15.3 Å². The minimum Gasteiger partial charge on any atom is -0.481 e. The number of aliphatic carboxylic acids is 6. The molecule has 69 heavy (non-hydrogen) atoms. The molecule has 0 aliphatic carbocycles. The second-order valence-corrected chi connectivity index (χ2v) is 16.8. The van der Waals surface area contributed by atoms with E-state index >= 15 is 0 Å². The Morgan fingerprint density at radius 3 is 1.23 bits per heavy atom. The molecule has 5 atom stereocenters. The van der Waals surface area contributed by atoms with Crippen molar-refractivity contribution in [1.29, 1.82) is 0 Å². The number of benzene rings is 1. The van der Waals surface area contributed by atoms with Crippen LogP contribution in [-0.4, -0.2) is 162 Å². The first-order chi connectivity index (χ1) is 32.6. The summed E-state index contributed by atoms with van der Waals surface area (Å²) in [5.74, 6) is -9.83. The summed E-state index contributed by atoms with van der Waals surface area (Å²) >= 11 is 0. The first-order valence-corrected chi connectivity index (χ1v) is 22.2. The molecule has 1 unspecified atom stereocenters. The number of azide groups is 1. The number of carboxylic acids is 6. The molecular weight excluding hydrogens is 917 g/mol. The van der Waals surface area contributed by atoms with E-state index in [-0.39, 0.29) is 99.6 Å². The molecule has 2 aliphatic heterocycles. The predicted octanol–water partition coefficient (Wildman–Crippen LogP) is 1.69. The summed E-state index contributed by atoms with van der Waals surface area (Å²) in [5.41, 5.74) is 9.21. The van der Waals surface area contributed by atoms with Crippen molar-refractivity contribution in [3.05, 3.63) is 40.3 Å². The number of nitrogens with zero attached hydrogens (tertiary/aromatic N) is 5. The normalized spacial score (nSPS) is 16.2. The van der Waals surface area contributed by atoms with Gasteiger partial charge in [-0.1, -0.05) is 17.2 Å². The molecule has 2 heterocycles. The van der Waals surface area contributed by atoms with Crippen molar-refractivity contribution in [3.63, 3.8) is 0 Å². The monoisotopic (exact) mass is 974 g/mol. The van der Waals surface area contributed by atoms with Gasteiger partial charge in [-0.15, -0.1) is 0 Å². The maximum absolute atomic E-state index is 13.5. The molecule has 1 aromatic carbocycles. The lowest BCUT2D eigenvalue weighted by Gasteiger charge is -2.34. The molecular formula is C42H58N10O17. The topological polar surface area (TPSA) is 425 Å². The highest BCUT2D eigenvalue weighted by Gasteiger charge is 2.33. The van der Waals surface area contributed by atoms with E-state index in [9.17, 15) is 73.2 Å². The molecule has 2 fully saturated rings. The summed E-state index contributed by atoms with van der Waals surface area (Å²) in [5, 5.41) is 70.8. The zero-order valence-corrected chi connectivity index (χ0v) is 37.5. The first-order valence-electron chi connectivity index (χ1n) is 22.2. The molecule has 7 amide bonds. The molecule has 0 radical (unpaired) electrons. The summed E-state index contributed by atoms with van der Waals surface area (Å²) in [4.78, 5) is 140. The molecule has 2 saturated heterocycles. The van der Waals surface area contributed by atoms with Gasteiger partial charge in [-0.3, -0.25) is 24.0 Å². The van der Waals surface area contributed by atoms with E-state index in [2.05, 4.69) is 36.6 Å². The van der Waals surface area contributed by atoms with Gasteiger partial charge in [0, 0.05) is 74.1 Å². The van der Waals surface area contributed by atoms with Crippen LogP contribution < -0.4 is 26.6 Å². The summed E-state index contributed by atoms with van der Waals surface area (Å²) < 4.78 is 0. The Morgan fingerprint density at radius 1 is 0.536 bits per heavy atom. The number of urea groups is 2. The maximum Gasteiger partial charge on any atom is 0.326 e. The number of piperidine rings is 2. The average Bonchev–Trinajstić information content (AvgIpc) is 3.29. The van der Waals surface area contributed by atoms with Crippen LogP contribution in [0.15, 0.2) is 29.4 Å². The minimum atomic E-state index is -1.56. The fourth-order valence-electron chi connectivity index (χ4n) is 7.91. The Morgan fingerprint density at radius 2 is 0.899 bits per heavy atom. The van der Waals surface area contributed by atoms with E-state index in [1.165, 1.54) is 24.3 Å². The van der Waals surface area contributed by atoms with E-state index in [1.54, 1.807) is 9.80 Å². The summed E-state index contributed by atoms with van der Waals surface area (Å²) in [6.07, 6.45) is -0.308. The van der Waals surface area contributed by atoms with Gasteiger partial charge < -0.3 is 67.0 Å². The average molecular weight is 975 g/mol. The van der Waals surface area contributed by atoms with Gasteiger partial charge in [0.1, 0.15) is 24.2 Å². The van der Waals surface area contributed by atoms with Gasteiger partial charge in [0.15, 0.2) is 0 Å². The quantitative estimate of drug-likeness (QED) is 0.0339. The molecule has 3 rings (SSSR count). The lowest BCUT2D eigenvalue weighted by molar-refractivity contribution is -0.142. The fraction of sp³-hybridized carbons (Fsp3) is 0.595. The maximum atomic E-state index is 13.5. The van der Waals surface area contributed by atoms with Gasteiger partial charge in [-0.05, 0) is 93.7 Å². The van der Waals surface area contributed by atoms with Crippen molar-refractivity contribution in [1.82, 2.24) is 36.4 Å². The number of likely N-dealkylation sites (tertiary alicyclic amines) is 2. The third-order valence-corrected chi connectivity index (χ3v) is 11.8. The van der Waals surface area contributed by atoms with Gasteiger partial charge in [0.05, 0.1) is 0 Å². The summed E-state index contributed by atoms with van der Waals surface area (Å²) in [7, 11) is 0. The second-order valence-electron chi connectivity index (χ2n) is 16.8. The highest BCUT2D eigenvalue weighted by molar-refractivity contribution is 5.95. The largest absolute Gasteiger partial charge is 0.481 e. The molecule has 2 aliphatic rings. The van der Waals surface area contributed by atoms with Crippen LogP contribution in [0.1, 0.15) is 100 Å². The Balaban J connectivity index is 1.56. The van der Waals surface area contributed by atoms with E-state index in [1.807, 2.05) is 0 Å². The van der Waals surface area contributed by atoms with Crippen molar-refractivity contribution < 1.29 is 83.4 Å². The van der Waals surface area contributed by atoms with Crippen molar-refractivity contribution in [2.45, 2.75) is 120 Å². The Hall–Kier alpha value is -7.70. The van der Waals surface area contributed by atoms with Gasteiger partial charge in [0.25, 0.3) is 5.91 Å². The van der Waals surface area contributed by atoms with E-state index in [0.29, 0.717) is 25.7 Å². The SMILES string of the molecule is [N-]=[N+]=Nc1ccc(C(=O)NC(CCC(=O)N2CCC(C[C@H](NC(=O)N[C@H](CCC(=O)O)C(=O)O)C(=O)O)CC2)CCC(=O)N2CCC(C[C@@H](NC(=O)N[C@@H](CCC(=O)O)C(=O)O)C(=O)O)CC2)cc1. The fourth-order valence-corrected chi connectivity index (χ4v) is 7.91. The van der Waals surface area contributed by atoms with Gasteiger partial charge in [0.2, 0.25) is 11.8 Å². The number of hydrogen-bond acceptors (Lipinski definition) is 12. The molecule has 0 saturated carbocycles. The van der Waals surface area contributed by atoms with E-state index < -0.39 is 110 Å². The molecule has 0 spiro atoms. The highest BCUT2D eigenvalue weighted by Crippen LogP contribution is 2.25. The molecule has 27 heteroatoms. The standard InChI is InChI=1S/C42H58N10O17/c43-50-49-27-3-1-25(2-4-27)36(59)44-26(5-9-32(53)51-17-13-23(14-18-51)21-30(39(64)65)47-41(68)45-28(37(60)61)7-11-34(55)56)6-10-33(54)52-19-15-24(16-20-52)22-31(40(66)67)48-42(69)46-29(38(62)63)8-12-35(57)58/h1-4,23-24,26,28-31H,5-22H2,(H,44,59)(H,55,56)(H,57,58)(H,60,61)(H,62,63)(H,64,65)(H,66,67)(H2,45,47,68)(H2,46,48,69)/t26?,28-,29+,30+,31-. The summed E-state index contributed by atoms with van der Waals surface area (Å²) in [6.45, 7) is 0.990. The zero-order valence-electron chi connectivity index (χ0n) is 37.5. The van der Waals surface area contributed by atoms with E-state index in [0.717, 1.165) is 0 Å². The van der Waals surface area contributed by atoms with Crippen LogP contribution >= 0.6 is 0 Å². The van der Waals surface area contributed by atoms with E-state index in [4.69, 9.17) is 15.7 Å². The number of amides is 7. The third-order valence-electron chi connectivity index (χ3n) is 11.8. The smallest absolute Gasteiger partial charge is 0.326 e. The highest BCUT2D eigenvalue weighted by atomic mass is 16.4. The predicted molar refractivity (Wildman–Crippen MR) is 236 cm³/mol. The Kier molecular flexibility index (Phi) is 22.4. The Bertz CT molecular complexity index is 1980. The minimum absolute atomic E-state index is 0.0323. The number of nitrogens with one attached hydrogen (secondary N) is 5. The van der Waals surface area contributed by atoms with Crippen molar-refractivity contribution in [2.24, 2.45) is 17.0 Å². The van der Waals surface area contributed by atoms with Crippen LogP contribution in [0.25, 0.3) is 10.4 Å². The molecule has 378 valence electrons. The van der Waals surface area contributed by atoms with Crippen LogP contribution in [-0.2, 0) is 38.4 Å². The molecule has 27 nitrogen and oxygen atoms in total. The third kappa shape index (κ3) is 20.0. The van der Waals surface area contributed by atoms with Crippen molar-refractivity contribution >= 4 is 71.3 Å². The summed E-state index contributed by atoms with van der Waals surface area (Å²) in [6, 6.07) is -3.04. The van der Waals surface area contributed by atoms with Crippen LogP contribution in [0.5, 0.6) is 0 Å². The van der Waals surface area contributed by atoms with Gasteiger partial charge in [-0.25, -0.2) is 28.8 Å². The zero-order chi connectivity index (χ0) is 51.2. The molecule has 0 bridgehead atoms. The van der Waals surface area contributed by atoms with Crippen molar-refractivity contribution in [2.75, 3.05) is 26.2 Å². The van der Waals surface area contributed by atoms with Gasteiger partial charge in [-0.2, -0.15) is 0 Å². The number of rotatable bonds is 27. The lowest BCUT2D eigenvalue weighted by atomic mass is 9.89. The van der Waals surface area contributed by atoms with Gasteiger partial charge >= 0.3 is 47.9 Å². The number of carboxylic acid groups (broad SMARTS) is 6. The van der Waals surface area contributed by atoms with Crippen molar-refractivity contribution in [3.8, 4) is 0 Å². The number of carbonyl (C=O) groups excluding carboxylic acids is 5. The lowest BCUT2D eigenvalue weighted by Crippen LogP contribution is -2.52.